The molecule has 1 aromatic rings. The van der Waals surface area contributed by atoms with Gasteiger partial charge in [-0.25, -0.2) is 9.59 Å². The van der Waals surface area contributed by atoms with E-state index in [0.717, 1.165) is 41.7 Å². The number of nitrogens with zero attached hydrogens (tertiary/aromatic N) is 1. The van der Waals surface area contributed by atoms with Gasteiger partial charge >= 0.3 is 17.8 Å². The van der Waals surface area contributed by atoms with Crippen molar-refractivity contribution in [2.45, 2.75) is 97.6 Å². The van der Waals surface area contributed by atoms with E-state index in [4.69, 9.17) is 14.2 Å². The number of hydrogen-bond acceptors (Lipinski definition) is 9. The van der Waals surface area contributed by atoms with Crippen molar-refractivity contribution in [1.29, 1.82) is 0 Å². The zero-order chi connectivity index (χ0) is 28.0. The number of thiophene rings is 1. The maximum absolute atomic E-state index is 13.4. The van der Waals surface area contributed by atoms with Crippen molar-refractivity contribution in [3.05, 3.63) is 27.2 Å². The number of carbonyl (C=O) groups is 5. The van der Waals surface area contributed by atoms with Gasteiger partial charge in [0.05, 0.1) is 18.7 Å². The van der Waals surface area contributed by atoms with E-state index in [0.29, 0.717) is 16.9 Å². The number of ether oxygens (including phenoxy) is 3. The van der Waals surface area contributed by atoms with Crippen LogP contribution in [0.1, 0.15) is 88.0 Å². The zero-order valence-electron chi connectivity index (χ0n) is 22.6. The summed E-state index contributed by atoms with van der Waals surface area (Å²) in [6, 6.07) is 0. The van der Waals surface area contributed by atoms with Gasteiger partial charge < -0.3 is 19.5 Å². The Labute approximate surface area is 225 Å². The average Bonchev–Trinajstić information content (AvgIpc) is 3.33. The Hall–Kier alpha value is -3.05. The number of rotatable bonds is 3. The number of carbonyl (C=O) groups excluding carboxylic acids is 5. The zero-order valence-corrected chi connectivity index (χ0v) is 23.5. The van der Waals surface area contributed by atoms with Gasteiger partial charge in [0.15, 0.2) is 0 Å². The third-order valence-electron chi connectivity index (χ3n) is 6.29. The van der Waals surface area contributed by atoms with Crippen LogP contribution < -0.4 is 5.32 Å². The summed E-state index contributed by atoms with van der Waals surface area (Å²) in [6.45, 7) is 10.3. The van der Waals surface area contributed by atoms with Crippen LogP contribution in [-0.2, 0) is 46.4 Å². The highest BCUT2D eigenvalue weighted by molar-refractivity contribution is 7.17. The molecule has 0 bridgehead atoms. The lowest BCUT2D eigenvalue weighted by atomic mass is 9.94. The van der Waals surface area contributed by atoms with Crippen LogP contribution >= 0.6 is 11.3 Å². The molecule has 3 amide bonds. The largest absolute Gasteiger partial charge is 0.456 e. The molecule has 0 saturated heterocycles. The van der Waals surface area contributed by atoms with E-state index < -0.39 is 41.1 Å². The van der Waals surface area contributed by atoms with Gasteiger partial charge in [0.2, 0.25) is 0 Å². The second kappa shape index (κ2) is 10.3. The van der Waals surface area contributed by atoms with Crippen molar-refractivity contribution in [3.8, 4) is 0 Å². The SMILES string of the molecule is CC(C)(C)OC(=O)C(=O)Nc1sc2c(c1C(=O)OC(C)(C)C)CC(C(=O)N1CC3=C(CCCC3)C1=O)OC2. The molecule has 0 saturated carbocycles. The molecule has 0 spiro atoms. The molecular weight excluding hydrogens is 512 g/mol. The third kappa shape index (κ3) is 5.99. The quantitative estimate of drug-likeness (QED) is 0.346. The van der Waals surface area contributed by atoms with Crippen LogP contribution in [0.4, 0.5) is 5.00 Å². The number of nitrogens with one attached hydrogen (secondary N) is 1. The summed E-state index contributed by atoms with van der Waals surface area (Å²) in [6.07, 6.45) is 2.48. The first-order valence-electron chi connectivity index (χ1n) is 12.7. The Morgan fingerprint density at radius 2 is 1.66 bits per heavy atom. The first-order valence-corrected chi connectivity index (χ1v) is 13.6. The molecule has 1 N–H and O–H groups in total. The fraction of sp³-hybridized carbons (Fsp3) is 0.593. The molecule has 4 rings (SSSR count). The van der Waals surface area contributed by atoms with Crippen LogP contribution in [-0.4, -0.2) is 58.4 Å². The van der Waals surface area contributed by atoms with Crippen molar-refractivity contribution < 1.29 is 38.2 Å². The van der Waals surface area contributed by atoms with Crippen LogP contribution in [0.3, 0.4) is 0 Å². The van der Waals surface area contributed by atoms with Crippen LogP contribution in [0.5, 0.6) is 0 Å². The fourth-order valence-electron chi connectivity index (χ4n) is 4.71. The van der Waals surface area contributed by atoms with E-state index in [1.807, 2.05) is 0 Å². The maximum atomic E-state index is 13.4. The molecule has 206 valence electrons. The fourth-order valence-corrected chi connectivity index (χ4v) is 5.85. The molecule has 10 nitrogen and oxygen atoms in total. The van der Waals surface area contributed by atoms with Gasteiger partial charge in [0.25, 0.3) is 11.8 Å². The molecule has 11 heteroatoms. The lowest BCUT2D eigenvalue weighted by Crippen LogP contribution is -2.44. The smallest absolute Gasteiger partial charge is 0.397 e. The number of esters is 2. The summed E-state index contributed by atoms with van der Waals surface area (Å²) in [5.41, 5.74) is 0.618. The molecule has 2 aliphatic heterocycles. The van der Waals surface area contributed by atoms with Crippen LogP contribution in [0.15, 0.2) is 11.1 Å². The van der Waals surface area contributed by atoms with Gasteiger partial charge in [-0.3, -0.25) is 19.3 Å². The van der Waals surface area contributed by atoms with E-state index in [1.165, 1.54) is 4.90 Å². The number of amides is 3. The highest BCUT2D eigenvalue weighted by Gasteiger charge is 2.41. The summed E-state index contributed by atoms with van der Waals surface area (Å²) < 4.78 is 16.6. The van der Waals surface area contributed by atoms with E-state index >= 15 is 0 Å². The standard InChI is InChI=1S/C27H34N2O8S/c1-26(2,3)36-24(33)19-16-11-17(23(32)29-12-14-9-7-8-10-15(14)22(29)31)35-13-18(16)38-21(19)28-20(30)25(34)37-27(4,5)6/h17H,7-13H2,1-6H3,(H,28,30). The van der Waals surface area contributed by atoms with Crippen molar-refractivity contribution in [2.24, 2.45) is 0 Å². The second-order valence-corrected chi connectivity index (χ2v) is 12.8. The minimum Gasteiger partial charge on any atom is -0.456 e. The average molecular weight is 547 g/mol. The van der Waals surface area contributed by atoms with E-state index in [-0.39, 0.29) is 36.0 Å². The number of imide groups is 1. The topological polar surface area (TPSA) is 128 Å². The molecule has 3 heterocycles. The molecule has 3 aliphatic rings. The van der Waals surface area contributed by atoms with Crippen LogP contribution in [0.25, 0.3) is 0 Å². The van der Waals surface area contributed by atoms with Crippen molar-refractivity contribution in [2.75, 3.05) is 11.9 Å². The summed E-state index contributed by atoms with van der Waals surface area (Å²) in [7, 11) is 0. The number of fused-ring (bicyclic) bond motifs is 1. The first-order chi connectivity index (χ1) is 17.6. The minimum absolute atomic E-state index is 0.00366. The normalized spacial score (nSPS) is 19.6. The Morgan fingerprint density at radius 1 is 1.00 bits per heavy atom. The molecule has 1 aliphatic carbocycles. The molecule has 1 atom stereocenters. The predicted molar refractivity (Wildman–Crippen MR) is 138 cm³/mol. The molecule has 0 radical (unpaired) electrons. The Bertz CT molecular complexity index is 1230. The molecule has 1 aromatic heterocycles. The highest BCUT2D eigenvalue weighted by atomic mass is 32.1. The van der Waals surface area contributed by atoms with Crippen molar-refractivity contribution in [3.63, 3.8) is 0 Å². The van der Waals surface area contributed by atoms with E-state index in [1.54, 1.807) is 41.5 Å². The lowest BCUT2D eigenvalue weighted by molar-refractivity contribution is -0.161. The summed E-state index contributed by atoms with van der Waals surface area (Å²) in [4.78, 5) is 66.3. The molecule has 1 unspecified atom stereocenters. The second-order valence-electron chi connectivity index (χ2n) is 11.7. The van der Waals surface area contributed by atoms with Crippen LogP contribution in [0, 0.1) is 0 Å². The minimum atomic E-state index is -1.09. The Morgan fingerprint density at radius 3 is 2.29 bits per heavy atom. The van der Waals surface area contributed by atoms with Gasteiger partial charge in [-0.1, -0.05) is 0 Å². The van der Waals surface area contributed by atoms with Gasteiger partial charge in [0, 0.05) is 16.9 Å². The van der Waals surface area contributed by atoms with Gasteiger partial charge in [-0.05, 0) is 78.4 Å². The summed E-state index contributed by atoms with van der Waals surface area (Å²) in [5, 5.41) is 2.61. The Kier molecular flexibility index (Phi) is 7.55. The number of anilines is 1. The van der Waals surface area contributed by atoms with Crippen molar-refractivity contribution in [1.82, 2.24) is 4.90 Å². The van der Waals surface area contributed by atoms with Gasteiger partial charge in [-0.15, -0.1) is 11.3 Å². The number of hydrogen-bond donors (Lipinski definition) is 1. The summed E-state index contributed by atoms with van der Waals surface area (Å²) >= 11 is 1.08. The molecule has 38 heavy (non-hydrogen) atoms. The first kappa shape index (κ1) is 28.0. The van der Waals surface area contributed by atoms with Crippen LogP contribution in [0.2, 0.25) is 0 Å². The Balaban J connectivity index is 1.59. The highest BCUT2D eigenvalue weighted by Crippen LogP contribution is 2.40. The van der Waals surface area contributed by atoms with E-state index in [9.17, 15) is 24.0 Å². The molecular formula is C27H34N2O8S. The predicted octanol–water partition coefficient (Wildman–Crippen LogP) is 3.66. The summed E-state index contributed by atoms with van der Waals surface area (Å²) in [5.74, 6) is -3.53. The van der Waals surface area contributed by atoms with E-state index in [2.05, 4.69) is 5.32 Å². The molecule has 0 fully saturated rings. The monoisotopic (exact) mass is 546 g/mol. The third-order valence-corrected chi connectivity index (χ3v) is 7.41. The van der Waals surface area contributed by atoms with Gasteiger partial charge in [-0.2, -0.15) is 0 Å². The molecule has 0 aromatic carbocycles. The maximum Gasteiger partial charge on any atom is 0.397 e. The lowest BCUT2D eigenvalue weighted by Gasteiger charge is -2.27. The van der Waals surface area contributed by atoms with Crippen molar-refractivity contribution >= 4 is 46.0 Å². The van der Waals surface area contributed by atoms with Gasteiger partial charge in [0.1, 0.15) is 22.3 Å².